The Morgan fingerprint density at radius 1 is 1.07 bits per heavy atom. The zero-order chi connectivity index (χ0) is 20.1. The van der Waals surface area contributed by atoms with E-state index in [9.17, 15) is 10.1 Å². The fourth-order valence-electron chi connectivity index (χ4n) is 3.58. The topological polar surface area (TPSA) is 91.2 Å². The fraction of sp³-hybridized carbons (Fsp3) is 0.400. The highest BCUT2D eigenvalue weighted by Crippen LogP contribution is 2.25. The number of aromatic nitrogens is 3. The zero-order valence-corrected chi connectivity index (χ0v) is 17.0. The number of thioether (sulfide) groups is 1. The van der Waals surface area contributed by atoms with Crippen molar-refractivity contribution >= 4 is 34.2 Å². The van der Waals surface area contributed by atoms with E-state index in [4.69, 9.17) is 0 Å². The van der Waals surface area contributed by atoms with Crippen LogP contribution in [-0.2, 0) is 0 Å². The zero-order valence-electron chi connectivity index (χ0n) is 16.2. The number of H-pyrrole nitrogens is 1. The Bertz CT molecular complexity index is 953. The van der Waals surface area contributed by atoms with Crippen molar-refractivity contribution in [1.82, 2.24) is 19.9 Å². The van der Waals surface area contributed by atoms with E-state index < -0.39 is 0 Å². The summed E-state index contributed by atoms with van der Waals surface area (Å²) in [5.74, 6) is 1.06. The predicted octanol–water partition coefficient (Wildman–Crippen LogP) is 3.56. The molecule has 9 heteroatoms. The monoisotopic (exact) mass is 412 g/mol. The first-order chi connectivity index (χ1) is 14.2. The number of nitro groups is 1. The molecule has 3 aromatic rings. The molecular formula is C20H24N6O2S. The van der Waals surface area contributed by atoms with Gasteiger partial charge in [0.25, 0.3) is 5.69 Å². The summed E-state index contributed by atoms with van der Waals surface area (Å²) in [6.07, 6.45) is 5.85. The number of hydrogen-bond donors (Lipinski definition) is 1. The van der Waals surface area contributed by atoms with Crippen molar-refractivity contribution in [3.05, 3.63) is 53.0 Å². The molecule has 0 bridgehead atoms. The van der Waals surface area contributed by atoms with E-state index in [0.717, 1.165) is 66.6 Å². The van der Waals surface area contributed by atoms with E-state index >= 15 is 0 Å². The van der Waals surface area contributed by atoms with Crippen molar-refractivity contribution in [2.24, 2.45) is 0 Å². The molecule has 0 amide bonds. The highest BCUT2D eigenvalue weighted by molar-refractivity contribution is 7.99. The molecule has 4 rings (SSSR count). The second kappa shape index (κ2) is 9.23. The second-order valence-electron chi connectivity index (χ2n) is 7.08. The molecule has 0 atom stereocenters. The van der Waals surface area contributed by atoms with E-state index in [1.807, 2.05) is 24.4 Å². The number of piperazine rings is 1. The minimum Gasteiger partial charge on any atom is -0.369 e. The van der Waals surface area contributed by atoms with Crippen LogP contribution in [0.1, 0.15) is 12.8 Å². The van der Waals surface area contributed by atoms with E-state index in [1.54, 1.807) is 30.2 Å². The molecule has 152 valence electrons. The van der Waals surface area contributed by atoms with Gasteiger partial charge in [-0.3, -0.25) is 15.0 Å². The van der Waals surface area contributed by atoms with E-state index in [1.165, 1.54) is 6.42 Å². The minimum absolute atomic E-state index is 0.143. The maximum atomic E-state index is 10.8. The lowest BCUT2D eigenvalue weighted by molar-refractivity contribution is -0.384. The quantitative estimate of drug-likeness (QED) is 0.199. The summed E-state index contributed by atoms with van der Waals surface area (Å²) in [6, 6.07) is 8.89. The van der Waals surface area contributed by atoms with Crippen LogP contribution in [0.15, 0.2) is 47.9 Å². The lowest BCUT2D eigenvalue weighted by atomic mass is 10.2. The SMILES string of the molecule is O=[N+]([O-])c1ccc(N2CCN(CCCCSc3ncnc4[nH]ccc34)CC2)cc1. The number of anilines is 1. The van der Waals surface area contributed by atoms with Crippen molar-refractivity contribution in [2.75, 3.05) is 43.4 Å². The predicted molar refractivity (Wildman–Crippen MR) is 116 cm³/mol. The molecule has 29 heavy (non-hydrogen) atoms. The van der Waals surface area contributed by atoms with Gasteiger partial charge in [0, 0.05) is 50.2 Å². The van der Waals surface area contributed by atoms with Gasteiger partial charge in [0.2, 0.25) is 0 Å². The lowest BCUT2D eigenvalue weighted by Crippen LogP contribution is -2.46. The van der Waals surface area contributed by atoms with Crippen LogP contribution >= 0.6 is 11.8 Å². The van der Waals surface area contributed by atoms with Gasteiger partial charge in [0.05, 0.1) is 10.3 Å². The number of unbranched alkanes of at least 4 members (excludes halogenated alkanes) is 1. The molecular weight excluding hydrogens is 388 g/mol. The third-order valence-corrected chi connectivity index (χ3v) is 6.31. The first-order valence-electron chi connectivity index (χ1n) is 9.83. The van der Waals surface area contributed by atoms with Gasteiger partial charge in [-0.1, -0.05) is 0 Å². The lowest BCUT2D eigenvalue weighted by Gasteiger charge is -2.36. The summed E-state index contributed by atoms with van der Waals surface area (Å²) in [6.45, 7) is 5.08. The third-order valence-electron chi connectivity index (χ3n) is 5.22. The molecule has 2 aromatic heterocycles. The number of aromatic amines is 1. The van der Waals surface area contributed by atoms with Crippen molar-refractivity contribution in [2.45, 2.75) is 17.9 Å². The largest absolute Gasteiger partial charge is 0.369 e. The second-order valence-corrected chi connectivity index (χ2v) is 8.16. The Labute approximate surface area is 173 Å². The molecule has 1 saturated heterocycles. The summed E-state index contributed by atoms with van der Waals surface area (Å²) in [4.78, 5) is 27.0. The molecule has 0 unspecified atom stereocenters. The molecule has 1 aliphatic rings. The fourth-order valence-corrected chi connectivity index (χ4v) is 4.57. The molecule has 3 heterocycles. The van der Waals surface area contributed by atoms with Crippen LogP contribution in [0.3, 0.4) is 0 Å². The van der Waals surface area contributed by atoms with Crippen LogP contribution < -0.4 is 4.90 Å². The maximum Gasteiger partial charge on any atom is 0.269 e. The molecule has 1 aromatic carbocycles. The Morgan fingerprint density at radius 3 is 2.62 bits per heavy atom. The standard InChI is InChI=1S/C20H24N6O2S/c27-26(28)17-5-3-16(4-6-17)25-12-10-24(11-13-25)9-1-2-14-29-20-18-7-8-21-19(18)22-15-23-20/h3-8,15H,1-2,9-14H2,(H,21,22,23). The number of fused-ring (bicyclic) bond motifs is 1. The number of rotatable bonds is 8. The molecule has 0 aliphatic carbocycles. The molecule has 1 fully saturated rings. The van der Waals surface area contributed by atoms with E-state index in [-0.39, 0.29) is 10.6 Å². The van der Waals surface area contributed by atoms with Crippen molar-refractivity contribution in [1.29, 1.82) is 0 Å². The highest BCUT2D eigenvalue weighted by atomic mass is 32.2. The smallest absolute Gasteiger partial charge is 0.269 e. The normalized spacial score (nSPS) is 15.1. The number of benzene rings is 1. The van der Waals surface area contributed by atoms with Crippen LogP contribution in [0.4, 0.5) is 11.4 Å². The molecule has 0 saturated carbocycles. The third kappa shape index (κ3) is 4.86. The Hall–Kier alpha value is -2.65. The number of hydrogen-bond acceptors (Lipinski definition) is 7. The van der Waals surface area contributed by atoms with Gasteiger partial charge >= 0.3 is 0 Å². The van der Waals surface area contributed by atoms with Crippen LogP contribution in [0.5, 0.6) is 0 Å². The number of nitro benzene ring substituents is 1. The number of non-ortho nitro benzene ring substituents is 1. The first kappa shape index (κ1) is 19.7. The van der Waals surface area contributed by atoms with Gasteiger partial charge in [-0.15, -0.1) is 11.8 Å². The van der Waals surface area contributed by atoms with Gasteiger partial charge in [-0.2, -0.15) is 0 Å². The summed E-state index contributed by atoms with van der Waals surface area (Å²) in [5, 5.41) is 12.9. The number of nitrogens with one attached hydrogen (secondary N) is 1. The van der Waals surface area contributed by atoms with Crippen LogP contribution in [0, 0.1) is 10.1 Å². The number of nitrogens with zero attached hydrogens (tertiary/aromatic N) is 5. The summed E-state index contributed by atoms with van der Waals surface area (Å²) >= 11 is 1.80. The van der Waals surface area contributed by atoms with E-state index in [2.05, 4.69) is 24.8 Å². The van der Waals surface area contributed by atoms with Gasteiger partial charge in [0.1, 0.15) is 17.0 Å². The molecule has 0 radical (unpaired) electrons. The average molecular weight is 413 g/mol. The molecule has 8 nitrogen and oxygen atoms in total. The van der Waals surface area contributed by atoms with Gasteiger partial charge in [0.15, 0.2) is 0 Å². The van der Waals surface area contributed by atoms with Gasteiger partial charge in [-0.25, -0.2) is 9.97 Å². The average Bonchev–Trinajstić information content (AvgIpc) is 3.24. The Kier molecular flexibility index (Phi) is 6.26. The molecule has 0 spiro atoms. The van der Waals surface area contributed by atoms with Crippen LogP contribution in [0.2, 0.25) is 0 Å². The summed E-state index contributed by atoms with van der Waals surface area (Å²) in [5.41, 5.74) is 2.10. The first-order valence-corrected chi connectivity index (χ1v) is 10.8. The highest BCUT2D eigenvalue weighted by Gasteiger charge is 2.17. The van der Waals surface area contributed by atoms with Gasteiger partial charge < -0.3 is 9.88 Å². The van der Waals surface area contributed by atoms with Crippen LogP contribution in [-0.4, -0.2) is 63.3 Å². The molecule has 1 aliphatic heterocycles. The van der Waals surface area contributed by atoms with E-state index in [0.29, 0.717) is 0 Å². The minimum atomic E-state index is -0.355. The molecule has 1 N–H and O–H groups in total. The summed E-state index contributed by atoms with van der Waals surface area (Å²) in [7, 11) is 0. The van der Waals surface area contributed by atoms with Crippen molar-refractivity contribution in [3.63, 3.8) is 0 Å². The van der Waals surface area contributed by atoms with Crippen LogP contribution in [0.25, 0.3) is 11.0 Å². The van der Waals surface area contributed by atoms with Crippen molar-refractivity contribution < 1.29 is 4.92 Å². The Morgan fingerprint density at radius 2 is 1.86 bits per heavy atom. The van der Waals surface area contributed by atoms with Crippen molar-refractivity contribution in [3.8, 4) is 0 Å². The summed E-state index contributed by atoms with van der Waals surface area (Å²) < 4.78 is 0. The Balaban J connectivity index is 1.16. The maximum absolute atomic E-state index is 10.8. The van der Waals surface area contributed by atoms with Gasteiger partial charge in [-0.05, 0) is 43.3 Å².